The molecule has 0 bridgehead atoms. The number of imidazole rings is 1. The van der Waals surface area contributed by atoms with E-state index in [0.717, 1.165) is 28.4 Å². The third-order valence-corrected chi connectivity index (χ3v) is 5.54. The number of nitrogens with zero attached hydrogens (tertiary/aromatic N) is 4. The molecule has 1 aromatic carbocycles. The number of thioether (sulfide) groups is 1. The third-order valence-electron chi connectivity index (χ3n) is 4.46. The number of fused-ring (bicyclic) bond motifs is 2. The highest BCUT2D eigenvalue weighted by Crippen LogP contribution is 2.38. The molecule has 0 unspecified atom stereocenters. The Bertz CT molecular complexity index is 837. The second-order valence-corrected chi connectivity index (χ2v) is 6.71. The van der Waals surface area contributed by atoms with E-state index >= 15 is 0 Å². The van der Waals surface area contributed by atoms with Gasteiger partial charge in [-0.2, -0.15) is 11.8 Å². The average Bonchev–Trinajstić information content (AvgIpc) is 3.07. The number of hydrogen-bond acceptors (Lipinski definition) is 6. The van der Waals surface area contributed by atoms with Crippen LogP contribution in [-0.4, -0.2) is 53.4 Å². The summed E-state index contributed by atoms with van der Waals surface area (Å²) in [6, 6.07) is 3.74. The standard InChI is InChI=1S/C15H16N4O2S/c1-22-13-4-12(14(20)15(13)21)19-7-18-10-2-8-5-16-6-17-9(8)3-11(10)19/h2-3,5-7,12-15,20-21H,4H2,1H3/t12-,13+,14+,15-/m1/s1. The molecule has 4 rings (SSSR count). The summed E-state index contributed by atoms with van der Waals surface area (Å²) in [6.45, 7) is 0. The number of rotatable bonds is 2. The molecule has 7 heteroatoms. The van der Waals surface area contributed by atoms with E-state index in [1.165, 1.54) is 6.33 Å². The lowest BCUT2D eigenvalue weighted by Crippen LogP contribution is -2.30. The van der Waals surface area contributed by atoms with E-state index in [1.807, 2.05) is 23.0 Å². The minimum Gasteiger partial charge on any atom is -0.389 e. The summed E-state index contributed by atoms with van der Waals surface area (Å²) >= 11 is 1.59. The van der Waals surface area contributed by atoms with Crippen molar-refractivity contribution in [3.8, 4) is 0 Å². The maximum atomic E-state index is 10.4. The first-order valence-electron chi connectivity index (χ1n) is 7.14. The Balaban J connectivity index is 1.84. The summed E-state index contributed by atoms with van der Waals surface area (Å²) in [5, 5.41) is 21.5. The Morgan fingerprint density at radius 3 is 2.82 bits per heavy atom. The van der Waals surface area contributed by atoms with Crippen LogP contribution in [0.25, 0.3) is 21.9 Å². The van der Waals surface area contributed by atoms with Crippen molar-refractivity contribution in [3.05, 3.63) is 31.0 Å². The minimum absolute atomic E-state index is 0.0419. The van der Waals surface area contributed by atoms with Crippen molar-refractivity contribution >= 4 is 33.7 Å². The molecule has 1 aliphatic rings. The lowest BCUT2D eigenvalue weighted by Gasteiger charge is -2.18. The summed E-state index contributed by atoms with van der Waals surface area (Å²) in [4.78, 5) is 12.7. The molecule has 2 heterocycles. The predicted molar refractivity (Wildman–Crippen MR) is 85.8 cm³/mol. The molecule has 0 amide bonds. The highest BCUT2D eigenvalue weighted by molar-refractivity contribution is 7.99. The molecule has 2 aromatic heterocycles. The molecule has 4 atom stereocenters. The molecule has 114 valence electrons. The average molecular weight is 316 g/mol. The zero-order valence-electron chi connectivity index (χ0n) is 12.0. The van der Waals surface area contributed by atoms with Crippen molar-refractivity contribution in [2.45, 2.75) is 29.9 Å². The highest BCUT2D eigenvalue weighted by Gasteiger charge is 2.42. The van der Waals surface area contributed by atoms with Crippen LogP contribution in [0.1, 0.15) is 12.5 Å². The molecule has 6 nitrogen and oxygen atoms in total. The van der Waals surface area contributed by atoms with Crippen LogP contribution in [-0.2, 0) is 0 Å². The quantitative estimate of drug-likeness (QED) is 0.743. The van der Waals surface area contributed by atoms with Gasteiger partial charge in [0.05, 0.1) is 35.0 Å². The van der Waals surface area contributed by atoms with Crippen LogP contribution in [0.3, 0.4) is 0 Å². The van der Waals surface area contributed by atoms with Crippen LogP contribution in [0, 0.1) is 0 Å². The maximum Gasteiger partial charge on any atom is 0.116 e. The smallest absolute Gasteiger partial charge is 0.116 e. The zero-order valence-corrected chi connectivity index (χ0v) is 12.8. The summed E-state index contributed by atoms with van der Waals surface area (Å²) in [5.74, 6) is 0. The van der Waals surface area contributed by atoms with Crippen LogP contribution in [0.5, 0.6) is 0 Å². The van der Waals surface area contributed by atoms with Gasteiger partial charge < -0.3 is 14.8 Å². The molecule has 22 heavy (non-hydrogen) atoms. The minimum atomic E-state index is -0.782. The zero-order chi connectivity index (χ0) is 15.3. The van der Waals surface area contributed by atoms with E-state index in [4.69, 9.17) is 0 Å². The molecule has 0 saturated heterocycles. The van der Waals surface area contributed by atoms with Gasteiger partial charge in [0.15, 0.2) is 0 Å². The van der Waals surface area contributed by atoms with Crippen LogP contribution >= 0.6 is 11.8 Å². The van der Waals surface area contributed by atoms with E-state index in [-0.39, 0.29) is 11.3 Å². The SMILES string of the molecule is CS[C@H]1C[C@@H](n2cnc3cc4cncnc4cc32)[C@H](O)[C@@H]1O. The fourth-order valence-corrected chi connectivity index (χ4v) is 4.08. The fraction of sp³-hybridized carbons (Fsp3) is 0.400. The first-order valence-corrected chi connectivity index (χ1v) is 8.43. The predicted octanol–water partition coefficient (Wildman–Crippen LogP) is 1.38. The Hall–Kier alpha value is -1.70. The largest absolute Gasteiger partial charge is 0.389 e. The Kier molecular flexibility index (Phi) is 3.28. The monoisotopic (exact) mass is 316 g/mol. The normalized spacial score (nSPS) is 28.7. The highest BCUT2D eigenvalue weighted by atomic mass is 32.2. The number of aliphatic hydroxyl groups is 2. The Morgan fingerprint density at radius 2 is 2.05 bits per heavy atom. The van der Waals surface area contributed by atoms with E-state index < -0.39 is 12.2 Å². The Morgan fingerprint density at radius 1 is 1.18 bits per heavy atom. The van der Waals surface area contributed by atoms with Crippen molar-refractivity contribution in [1.82, 2.24) is 19.5 Å². The van der Waals surface area contributed by atoms with E-state index in [9.17, 15) is 10.2 Å². The number of aliphatic hydroxyl groups excluding tert-OH is 2. The van der Waals surface area contributed by atoms with Gasteiger partial charge in [-0.05, 0) is 24.8 Å². The molecule has 0 spiro atoms. The first-order chi connectivity index (χ1) is 10.7. The molecular weight excluding hydrogens is 300 g/mol. The van der Waals surface area contributed by atoms with Gasteiger partial charge in [-0.15, -0.1) is 0 Å². The molecule has 0 radical (unpaired) electrons. The molecule has 3 aromatic rings. The summed E-state index contributed by atoms with van der Waals surface area (Å²) in [7, 11) is 0. The van der Waals surface area contributed by atoms with Crippen LogP contribution < -0.4 is 0 Å². The molecule has 1 saturated carbocycles. The van der Waals surface area contributed by atoms with Gasteiger partial charge in [-0.3, -0.25) is 0 Å². The Labute approximate surface area is 131 Å². The van der Waals surface area contributed by atoms with Gasteiger partial charge in [0.1, 0.15) is 12.4 Å². The van der Waals surface area contributed by atoms with Crippen LogP contribution in [0.15, 0.2) is 31.0 Å². The topological polar surface area (TPSA) is 84.1 Å². The summed E-state index contributed by atoms with van der Waals surface area (Å²) in [6.07, 6.45) is 6.21. The van der Waals surface area contributed by atoms with Crippen molar-refractivity contribution in [2.75, 3.05) is 6.26 Å². The van der Waals surface area contributed by atoms with Crippen molar-refractivity contribution in [1.29, 1.82) is 0 Å². The fourth-order valence-electron chi connectivity index (χ4n) is 3.25. The van der Waals surface area contributed by atoms with E-state index in [0.29, 0.717) is 0 Å². The van der Waals surface area contributed by atoms with Crippen molar-refractivity contribution in [3.63, 3.8) is 0 Å². The van der Waals surface area contributed by atoms with Gasteiger partial charge in [-0.1, -0.05) is 0 Å². The molecular formula is C15H16N4O2S. The summed E-state index contributed by atoms with van der Waals surface area (Å²) in [5.41, 5.74) is 2.61. The van der Waals surface area contributed by atoms with Crippen LogP contribution in [0.2, 0.25) is 0 Å². The molecule has 1 aliphatic carbocycles. The van der Waals surface area contributed by atoms with Crippen molar-refractivity contribution < 1.29 is 10.2 Å². The molecule has 2 N–H and O–H groups in total. The van der Waals surface area contributed by atoms with Gasteiger partial charge in [0, 0.05) is 16.8 Å². The van der Waals surface area contributed by atoms with Gasteiger partial charge in [0.25, 0.3) is 0 Å². The molecule has 1 fully saturated rings. The van der Waals surface area contributed by atoms with E-state index in [1.54, 1.807) is 24.3 Å². The lowest BCUT2D eigenvalue weighted by molar-refractivity contribution is 0.0260. The third kappa shape index (κ3) is 2.00. The van der Waals surface area contributed by atoms with Gasteiger partial charge in [-0.25, -0.2) is 15.0 Å². The number of aromatic nitrogens is 4. The van der Waals surface area contributed by atoms with Crippen LogP contribution in [0.4, 0.5) is 0 Å². The van der Waals surface area contributed by atoms with Crippen molar-refractivity contribution in [2.24, 2.45) is 0 Å². The second-order valence-electron chi connectivity index (χ2n) is 5.63. The first kappa shape index (κ1) is 13.9. The number of benzene rings is 1. The maximum absolute atomic E-state index is 10.4. The van der Waals surface area contributed by atoms with Gasteiger partial charge in [0.2, 0.25) is 0 Å². The lowest BCUT2D eigenvalue weighted by atomic mass is 10.1. The van der Waals surface area contributed by atoms with Gasteiger partial charge >= 0.3 is 0 Å². The second kappa shape index (κ2) is 5.19. The molecule has 0 aliphatic heterocycles. The van der Waals surface area contributed by atoms with E-state index in [2.05, 4.69) is 15.0 Å². The number of hydrogen-bond donors (Lipinski definition) is 2. The summed E-state index contributed by atoms with van der Waals surface area (Å²) < 4.78 is 1.96.